The molecule has 0 saturated carbocycles. The van der Waals surface area contributed by atoms with E-state index in [2.05, 4.69) is 0 Å². The van der Waals surface area contributed by atoms with Crippen molar-refractivity contribution >= 4 is 5.78 Å². The third-order valence-corrected chi connectivity index (χ3v) is 2.89. The largest absolute Gasteiger partial charge is 0.472 e. The standard InChI is InChI=1S/C11H15NO3/c12-11(2-5-14-6-3-11)10(13)7-9-1-4-15-8-9/h1,4,8H,2-3,5-7,12H2. The number of carbonyl (C=O) groups is 1. The van der Waals surface area contributed by atoms with Gasteiger partial charge < -0.3 is 14.9 Å². The number of hydrogen-bond donors (Lipinski definition) is 1. The number of ether oxygens (including phenoxy) is 1. The van der Waals surface area contributed by atoms with Gasteiger partial charge in [0.2, 0.25) is 0 Å². The molecule has 0 aromatic carbocycles. The van der Waals surface area contributed by atoms with Crippen LogP contribution < -0.4 is 5.73 Å². The molecular formula is C11H15NO3. The highest BCUT2D eigenvalue weighted by molar-refractivity contribution is 5.90. The summed E-state index contributed by atoms with van der Waals surface area (Å²) in [6.45, 7) is 1.15. The van der Waals surface area contributed by atoms with E-state index in [1.807, 2.05) is 0 Å². The molecule has 0 spiro atoms. The molecule has 82 valence electrons. The van der Waals surface area contributed by atoms with Gasteiger partial charge >= 0.3 is 0 Å². The van der Waals surface area contributed by atoms with E-state index in [9.17, 15) is 4.79 Å². The van der Waals surface area contributed by atoms with Crippen molar-refractivity contribution < 1.29 is 13.9 Å². The summed E-state index contributed by atoms with van der Waals surface area (Å²) in [5.41, 5.74) is 6.25. The van der Waals surface area contributed by atoms with Crippen LogP contribution in [-0.4, -0.2) is 24.5 Å². The summed E-state index contributed by atoms with van der Waals surface area (Å²) in [7, 11) is 0. The van der Waals surface area contributed by atoms with Crippen molar-refractivity contribution in [3.63, 3.8) is 0 Å². The lowest BCUT2D eigenvalue weighted by atomic mass is 9.84. The molecule has 4 heteroatoms. The van der Waals surface area contributed by atoms with Gasteiger partial charge in [-0.25, -0.2) is 0 Å². The second-order valence-electron chi connectivity index (χ2n) is 4.00. The van der Waals surface area contributed by atoms with Crippen LogP contribution >= 0.6 is 0 Å². The Labute approximate surface area is 88.4 Å². The molecule has 0 radical (unpaired) electrons. The van der Waals surface area contributed by atoms with Gasteiger partial charge in [0, 0.05) is 19.6 Å². The fourth-order valence-electron chi connectivity index (χ4n) is 1.77. The number of ketones is 1. The molecule has 1 aliphatic heterocycles. The lowest BCUT2D eigenvalue weighted by Gasteiger charge is -2.31. The highest BCUT2D eigenvalue weighted by atomic mass is 16.5. The third-order valence-electron chi connectivity index (χ3n) is 2.89. The fraction of sp³-hybridized carbons (Fsp3) is 0.545. The van der Waals surface area contributed by atoms with Crippen molar-refractivity contribution in [2.24, 2.45) is 5.73 Å². The van der Waals surface area contributed by atoms with Gasteiger partial charge in [-0.05, 0) is 24.5 Å². The average molecular weight is 209 g/mol. The molecule has 0 aliphatic carbocycles. The minimum atomic E-state index is -0.699. The maximum atomic E-state index is 12.0. The number of nitrogens with two attached hydrogens (primary N) is 1. The fourth-order valence-corrected chi connectivity index (χ4v) is 1.77. The summed E-state index contributed by atoms with van der Waals surface area (Å²) in [4.78, 5) is 12.0. The number of carbonyl (C=O) groups excluding carboxylic acids is 1. The molecule has 0 atom stereocenters. The van der Waals surface area contributed by atoms with Gasteiger partial charge in [0.1, 0.15) is 0 Å². The second kappa shape index (κ2) is 4.16. The Balaban J connectivity index is 2.00. The minimum absolute atomic E-state index is 0.0761. The zero-order valence-electron chi connectivity index (χ0n) is 8.57. The molecule has 1 aromatic heterocycles. The first-order valence-corrected chi connectivity index (χ1v) is 5.12. The quantitative estimate of drug-likeness (QED) is 0.803. The van der Waals surface area contributed by atoms with Crippen molar-refractivity contribution in [3.05, 3.63) is 24.2 Å². The van der Waals surface area contributed by atoms with Crippen LogP contribution in [0.25, 0.3) is 0 Å². The molecular weight excluding hydrogens is 194 g/mol. The molecule has 0 bridgehead atoms. The van der Waals surface area contributed by atoms with Crippen molar-refractivity contribution in [3.8, 4) is 0 Å². The molecule has 2 N–H and O–H groups in total. The number of furan rings is 1. The van der Waals surface area contributed by atoms with Crippen LogP contribution in [0.3, 0.4) is 0 Å². The smallest absolute Gasteiger partial charge is 0.157 e. The molecule has 0 unspecified atom stereocenters. The molecule has 1 saturated heterocycles. The van der Waals surface area contributed by atoms with Crippen LogP contribution in [-0.2, 0) is 16.0 Å². The molecule has 1 aliphatic rings. The number of rotatable bonds is 3. The zero-order chi connectivity index (χ0) is 10.7. The molecule has 4 nitrogen and oxygen atoms in total. The zero-order valence-corrected chi connectivity index (χ0v) is 8.57. The van der Waals surface area contributed by atoms with Crippen LogP contribution in [0.4, 0.5) is 0 Å². The Morgan fingerprint density at radius 2 is 2.20 bits per heavy atom. The van der Waals surface area contributed by atoms with Crippen LogP contribution in [0.1, 0.15) is 18.4 Å². The van der Waals surface area contributed by atoms with Gasteiger partial charge in [0.15, 0.2) is 5.78 Å². The number of Topliss-reactive ketones (excluding diaryl/α,β-unsaturated/α-hetero) is 1. The Morgan fingerprint density at radius 3 is 2.80 bits per heavy atom. The Morgan fingerprint density at radius 1 is 1.47 bits per heavy atom. The van der Waals surface area contributed by atoms with E-state index in [4.69, 9.17) is 14.9 Å². The molecule has 15 heavy (non-hydrogen) atoms. The van der Waals surface area contributed by atoms with Gasteiger partial charge in [-0.15, -0.1) is 0 Å². The summed E-state index contributed by atoms with van der Waals surface area (Å²) in [6, 6.07) is 1.79. The van der Waals surface area contributed by atoms with E-state index in [1.54, 1.807) is 18.6 Å². The van der Waals surface area contributed by atoms with Crippen LogP contribution in [0.5, 0.6) is 0 Å². The van der Waals surface area contributed by atoms with Gasteiger partial charge in [-0.1, -0.05) is 0 Å². The van der Waals surface area contributed by atoms with E-state index in [-0.39, 0.29) is 5.78 Å². The summed E-state index contributed by atoms with van der Waals surface area (Å²) in [5, 5.41) is 0. The van der Waals surface area contributed by atoms with E-state index in [1.165, 1.54) is 0 Å². The first-order chi connectivity index (χ1) is 7.21. The van der Waals surface area contributed by atoms with Gasteiger partial charge in [0.05, 0.1) is 18.1 Å². The predicted octanol–water partition coefficient (Wildman–Crippen LogP) is 0.899. The Bertz CT molecular complexity index is 326. The molecule has 0 amide bonds. The SMILES string of the molecule is NC1(C(=O)Cc2ccoc2)CCOCC1. The van der Waals surface area contributed by atoms with Gasteiger partial charge in [-0.2, -0.15) is 0 Å². The summed E-state index contributed by atoms with van der Waals surface area (Å²) >= 11 is 0. The first kappa shape index (κ1) is 10.4. The minimum Gasteiger partial charge on any atom is -0.472 e. The lowest BCUT2D eigenvalue weighted by molar-refractivity contribution is -0.126. The maximum Gasteiger partial charge on any atom is 0.157 e. The highest BCUT2D eigenvalue weighted by Crippen LogP contribution is 2.20. The van der Waals surface area contributed by atoms with Crippen molar-refractivity contribution in [1.82, 2.24) is 0 Å². The topological polar surface area (TPSA) is 65.5 Å². The monoisotopic (exact) mass is 209 g/mol. The normalized spacial score (nSPS) is 20.1. The lowest BCUT2D eigenvalue weighted by Crippen LogP contribution is -2.52. The summed E-state index contributed by atoms with van der Waals surface area (Å²) < 4.78 is 10.1. The van der Waals surface area contributed by atoms with Crippen molar-refractivity contribution in [2.75, 3.05) is 13.2 Å². The van der Waals surface area contributed by atoms with Crippen LogP contribution in [0, 0.1) is 0 Å². The van der Waals surface area contributed by atoms with E-state index in [0.29, 0.717) is 32.5 Å². The third kappa shape index (κ3) is 2.27. The van der Waals surface area contributed by atoms with Gasteiger partial charge in [-0.3, -0.25) is 4.79 Å². The predicted molar refractivity (Wildman–Crippen MR) is 54.4 cm³/mol. The molecule has 1 aromatic rings. The first-order valence-electron chi connectivity index (χ1n) is 5.12. The summed E-state index contributed by atoms with van der Waals surface area (Å²) in [5.74, 6) is 0.0761. The molecule has 2 rings (SSSR count). The Hall–Kier alpha value is -1.13. The van der Waals surface area contributed by atoms with Crippen molar-refractivity contribution in [2.45, 2.75) is 24.8 Å². The maximum absolute atomic E-state index is 12.0. The summed E-state index contributed by atoms with van der Waals surface area (Å²) in [6.07, 6.45) is 4.73. The van der Waals surface area contributed by atoms with Crippen molar-refractivity contribution in [1.29, 1.82) is 0 Å². The van der Waals surface area contributed by atoms with Crippen LogP contribution in [0.2, 0.25) is 0 Å². The van der Waals surface area contributed by atoms with Gasteiger partial charge in [0.25, 0.3) is 0 Å². The van der Waals surface area contributed by atoms with E-state index >= 15 is 0 Å². The molecule has 1 fully saturated rings. The van der Waals surface area contributed by atoms with Crippen LogP contribution in [0.15, 0.2) is 23.0 Å². The highest BCUT2D eigenvalue weighted by Gasteiger charge is 2.35. The average Bonchev–Trinajstić information content (AvgIpc) is 2.71. The number of hydrogen-bond acceptors (Lipinski definition) is 4. The van der Waals surface area contributed by atoms with E-state index in [0.717, 1.165) is 5.56 Å². The molecule has 2 heterocycles. The second-order valence-corrected chi connectivity index (χ2v) is 4.00. The van der Waals surface area contributed by atoms with E-state index < -0.39 is 5.54 Å². The Kier molecular flexibility index (Phi) is 2.88.